The second kappa shape index (κ2) is 16.3. The van der Waals surface area contributed by atoms with E-state index in [1.54, 1.807) is 14.0 Å². The molecule has 0 radical (unpaired) electrons. The summed E-state index contributed by atoms with van der Waals surface area (Å²) in [7, 11) is 1.60. The second-order valence-electron chi connectivity index (χ2n) is 15.3. The molecule has 0 spiro atoms. The molecule has 3 aliphatic heterocycles. The summed E-state index contributed by atoms with van der Waals surface area (Å²) >= 11 is 0. The minimum absolute atomic E-state index is 0.0852. The summed E-state index contributed by atoms with van der Waals surface area (Å²) in [6, 6.07) is 3.70. The van der Waals surface area contributed by atoms with Crippen molar-refractivity contribution in [1.29, 1.82) is 0 Å². The van der Waals surface area contributed by atoms with Crippen molar-refractivity contribution in [3.63, 3.8) is 0 Å². The van der Waals surface area contributed by atoms with Crippen molar-refractivity contribution in [3.05, 3.63) is 36.0 Å². The van der Waals surface area contributed by atoms with Gasteiger partial charge in [0.2, 0.25) is 17.7 Å². The minimum atomic E-state index is -1.20. The monoisotopic (exact) mass is 731 g/mol. The highest BCUT2D eigenvalue weighted by atomic mass is 16.6. The Morgan fingerprint density at radius 1 is 0.981 bits per heavy atom. The Labute approximate surface area is 310 Å². The molecule has 3 fully saturated rings. The molecule has 3 bridgehead atoms. The summed E-state index contributed by atoms with van der Waals surface area (Å²) in [4.78, 5) is 67.1. The number of carbonyl (C=O) groups is 4. The smallest absolute Gasteiger partial charge is 0.408 e. The van der Waals surface area contributed by atoms with Crippen LogP contribution in [0.25, 0.3) is 11.0 Å². The molecule has 53 heavy (non-hydrogen) atoms. The number of rotatable bonds is 3. The van der Waals surface area contributed by atoms with E-state index in [2.05, 4.69) is 16.7 Å². The summed E-state index contributed by atoms with van der Waals surface area (Å²) in [5.74, 6) is -0.226. The number of carbonyl (C=O) groups excluding carboxylic acids is 4. The van der Waals surface area contributed by atoms with Gasteiger partial charge in [0.15, 0.2) is 0 Å². The number of methoxy groups -OCH3 is 1. The number of amides is 3. The van der Waals surface area contributed by atoms with Gasteiger partial charge in [-0.25, -0.2) is 19.6 Å². The number of aryl methyl sites for hydroxylation is 1. The van der Waals surface area contributed by atoms with Crippen LogP contribution in [0.15, 0.2) is 30.4 Å². The molecule has 7 atom stereocenters. The Kier molecular flexibility index (Phi) is 11.4. The summed E-state index contributed by atoms with van der Waals surface area (Å²) < 4.78 is 23.5. The van der Waals surface area contributed by atoms with Crippen LogP contribution in [-0.2, 0) is 30.3 Å². The first-order valence-corrected chi connectivity index (χ1v) is 19.7. The first-order chi connectivity index (χ1) is 25.8. The molecule has 2 saturated carbocycles. The molecule has 5 aliphatic rings. The second-order valence-corrected chi connectivity index (χ2v) is 15.3. The average Bonchev–Trinajstić information content (AvgIpc) is 3.42. The number of allylic oxidation sites excluding steroid dienone is 1. The Morgan fingerprint density at radius 2 is 1.81 bits per heavy atom. The maximum Gasteiger partial charge on any atom is 0.408 e. The molecule has 13 heteroatoms. The van der Waals surface area contributed by atoms with E-state index in [1.165, 1.54) is 4.90 Å². The SMILES string of the molecule is CCOC(=O)[C@@]12C[C@H]1/C=C\CCCCC[C@@H]1NC(=O)O[C@@H]3CCC[C@H]3CCCCCc3nc4ccc(OC)cc4nc3O[C@@H]3C[C@@H](C(=O)N2)N(C3)C1=O. The lowest BCUT2D eigenvalue weighted by Gasteiger charge is -2.30. The number of ether oxygens (including phenoxy) is 4. The summed E-state index contributed by atoms with van der Waals surface area (Å²) in [5.41, 5.74) is 0.876. The Morgan fingerprint density at radius 3 is 2.66 bits per heavy atom. The first-order valence-electron chi connectivity index (χ1n) is 19.7. The van der Waals surface area contributed by atoms with Gasteiger partial charge in [-0.3, -0.25) is 9.59 Å². The number of benzene rings is 1. The number of nitrogens with zero attached hydrogens (tertiary/aromatic N) is 3. The van der Waals surface area contributed by atoms with Gasteiger partial charge in [0.25, 0.3) is 0 Å². The third kappa shape index (κ3) is 8.23. The van der Waals surface area contributed by atoms with E-state index >= 15 is 0 Å². The van der Waals surface area contributed by atoms with Crippen molar-refractivity contribution >= 4 is 34.9 Å². The van der Waals surface area contributed by atoms with Gasteiger partial charge in [-0.15, -0.1) is 0 Å². The van der Waals surface area contributed by atoms with Crippen molar-refractivity contribution in [3.8, 4) is 11.6 Å². The maximum absolute atomic E-state index is 14.6. The molecule has 1 aromatic heterocycles. The van der Waals surface area contributed by atoms with Gasteiger partial charge in [-0.2, -0.15) is 0 Å². The van der Waals surface area contributed by atoms with Gasteiger partial charge in [0.1, 0.15) is 41.3 Å². The van der Waals surface area contributed by atoms with E-state index < -0.39 is 41.7 Å². The molecule has 2 aliphatic carbocycles. The molecule has 4 heterocycles. The van der Waals surface area contributed by atoms with Crippen molar-refractivity contribution in [2.75, 3.05) is 20.3 Å². The highest BCUT2D eigenvalue weighted by molar-refractivity contribution is 5.96. The Bertz CT molecular complexity index is 1720. The van der Waals surface area contributed by atoms with Crippen molar-refractivity contribution in [2.45, 2.75) is 133 Å². The van der Waals surface area contributed by atoms with E-state index in [-0.39, 0.29) is 43.4 Å². The summed E-state index contributed by atoms with van der Waals surface area (Å²) in [6.45, 7) is 2.01. The van der Waals surface area contributed by atoms with Gasteiger partial charge in [-0.1, -0.05) is 37.8 Å². The fourth-order valence-corrected chi connectivity index (χ4v) is 8.67. The van der Waals surface area contributed by atoms with Gasteiger partial charge >= 0.3 is 12.1 Å². The number of esters is 1. The van der Waals surface area contributed by atoms with Crippen molar-refractivity contribution < 1.29 is 38.1 Å². The zero-order chi connectivity index (χ0) is 37.0. The first kappa shape index (κ1) is 36.9. The van der Waals surface area contributed by atoms with E-state index in [0.717, 1.165) is 75.4 Å². The van der Waals surface area contributed by atoms with E-state index in [0.29, 0.717) is 42.8 Å². The van der Waals surface area contributed by atoms with Crippen LogP contribution in [0.5, 0.6) is 11.6 Å². The lowest BCUT2D eigenvalue weighted by atomic mass is 9.97. The zero-order valence-electron chi connectivity index (χ0n) is 31.0. The van der Waals surface area contributed by atoms with Crippen LogP contribution in [-0.4, -0.2) is 88.8 Å². The lowest BCUT2D eigenvalue weighted by molar-refractivity contribution is -0.150. The molecular weight excluding hydrogens is 678 g/mol. The van der Waals surface area contributed by atoms with Crippen molar-refractivity contribution in [1.82, 2.24) is 25.5 Å². The number of alkyl carbamates (subject to hydrolysis) is 1. The Hall–Kier alpha value is -4.42. The standard InChI is InChI=1S/C40H53N5O8/c1-3-51-38(48)40-23-26(40)15-9-5-4-6-10-17-31-37(47)45-24-28(22-33(45)35(46)44-40)52-36-30(41-29-20-19-27(50-2)21-32(29)42-36)16-11-7-8-13-25-14-12-18-34(25)53-39(49)43-31/h9,15,19-21,25-26,28,31,33-34H,3-8,10-14,16-18,22-24H2,1-2H3,(H,43,49)(H,44,46)/b15-9-/t25-,26-,28-,31+,33+,34-,40-/m1/s1. The average molecular weight is 732 g/mol. The molecule has 2 aromatic rings. The normalized spacial score (nSPS) is 31.8. The third-order valence-electron chi connectivity index (χ3n) is 11.7. The van der Waals surface area contributed by atoms with Gasteiger partial charge in [0.05, 0.1) is 31.3 Å². The molecule has 0 unspecified atom stereocenters. The molecule has 1 saturated heterocycles. The minimum Gasteiger partial charge on any atom is -0.497 e. The number of aromatic nitrogens is 2. The van der Waals surface area contributed by atoms with Gasteiger partial charge in [-0.05, 0) is 89.2 Å². The highest BCUT2D eigenvalue weighted by Gasteiger charge is 2.62. The number of fused-ring (bicyclic) bond motifs is 6. The molecular formula is C40H53N5O8. The predicted molar refractivity (Wildman–Crippen MR) is 195 cm³/mol. The van der Waals surface area contributed by atoms with E-state index in [9.17, 15) is 19.2 Å². The van der Waals surface area contributed by atoms with Gasteiger partial charge < -0.3 is 34.5 Å². The number of hydrogen-bond donors (Lipinski definition) is 2. The number of hydrogen-bond acceptors (Lipinski definition) is 10. The van der Waals surface area contributed by atoms with Crippen LogP contribution >= 0.6 is 0 Å². The fraction of sp³-hybridized carbons (Fsp3) is 0.650. The van der Waals surface area contributed by atoms with Gasteiger partial charge in [0, 0.05) is 18.4 Å². The quantitative estimate of drug-likeness (QED) is 0.313. The van der Waals surface area contributed by atoms with Crippen LogP contribution in [0.3, 0.4) is 0 Å². The highest BCUT2D eigenvalue weighted by Crippen LogP contribution is 2.46. The number of nitrogens with one attached hydrogen (secondary N) is 2. The van der Waals surface area contributed by atoms with Crippen LogP contribution in [0.4, 0.5) is 4.79 Å². The van der Waals surface area contributed by atoms with Crippen LogP contribution in [0.1, 0.15) is 103 Å². The molecule has 2 N–H and O–H groups in total. The van der Waals surface area contributed by atoms with E-state index in [4.69, 9.17) is 28.9 Å². The molecule has 3 amide bonds. The molecule has 7 rings (SSSR count). The molecule has 286 valence electrons. The lowest BCUT2D eigenvalue weighted by Crippen LogP contribution is -2.56. The zero-order valence-corrected chi connectivity index (χ0v) is 31.0. The fourth-order valence-electron chi connectivity index (χ4n) is 8.67. The third-order valence-corrected chi connectivity index (χ3v) is 11.7. The van der Waals surface area contributed by atoms with E-state index in [1.807, 2.05) is 24.3 Å². The summed E-state index contributed by atoms with van der Waals surface area (Å²) in [6.07, 6.45) is 14.2. The predicted octanol–water partition coefficient (Wildman–Crippen LogP) is 5.33. The van der Waals surface area contributed by atoms with Crippen LogP contribution in [0.2, 0.25) is 0 Å². The van der Waals surface area contributed by atoms with Crippen molar-refractivity contribution in [2.24, 2.45) is 11.8 Å². The largest absolute Gasteiger partial charge is 0.497 e. The van der Waals surface area contributed by atoms with Crippen LogP contribution in [0, 0.1) is 11.8 Å². The molecule has 13 nitrogen and oxygen atoms in total. The maximum atomic E-state index is 14.6. The molecule has 1 aromatic carbocycles. The Balaban J connectivity index is 1.24. The topological polar surface area (TPSA) is 158 Å². The summed E-state index contributed by atoms with van der Waals surface area (Å²) in [5, 5.41) is 5.94. The van der Waals surface area contributed by atoms with Crippen LogP contribution < -0.4 is 20.1 Å².